The molecule has 1 heterocycles. The fraction of sp³-hybridized carbons (Fsp3) is 0.364. The van der Waals surface area contributed by atoms with Crippen LogP contribution in [0.25, 0.3) is 0 Å². The third-order valence-corrected chi connectivity index (χ3v) is 6.29. The molecule has 27 heavy (non-hydrogen) atoms. The van der Waals surface area contributed by atoms with E-state index in [1.165, 1.54) is 6.20 Å². The number of hydrogen-bond acceptors (Lipinski definition) is 4. The van der Waals surface area contributed by atoms with E-state index in [-0.39, 0.29) is 11.2 Å². The van der Waals surface area contributed by atoms with Gasteiger partial charge < -0.3 is 4.52 Å². The lowest BCUT2D eigenvalue weighted by atomic mass is 9.77. The summed E-state index contributed by atoms with van der Waals surface area (Å²) in [5.41, 5.74) is 2.08. The first kappa shape index (κ1) is 18.1. The average Bonchev–Trinajstić information content (AvgIpc) is 3.38. The number of carbonyl (C=O) groups is 1. The van der Waals surface area contributed by atoms with E-state index in [9.17, 15) is 9.00 Å². The van der Waals surface area contributed by atoms with Crippen molar-refractivity contribution in [1.82, 2.24) is 5.16 Å². The number of aromatic nitrogens is 1. The monoisotopic (exact) mass is 381 g/mol. The van der Waals surface area contributed by atoms with Crippen LogP contribution in [-0.2, 0) is 17.2 Å². The molecule has 1 aromatic heterocycles. The minimum atomic E-state index is -1.09. The van der Waals surface area contributed by atoms with Crippen molar-refractivity contribution in [3.8, 4) is 0 Å². The molecule has 2 atom stereocenters. The molecule has 4 nitrogen and oxygen atoms in total. The summed E-state index contributed by atoms with van der Waals surface area (Å²) in [5.74, 6) is 0.975. The average molecular weight is 381 g/mol. The van der Waals surface area contributed by atoms with Gasteiger partial charge in [0.2, 0.25) is 0 Å². The quantitative estimate of drug-likeness (QED) is 0.687. The minimum absolute atomic E-state index is 0.0551. The van der Waals surface area contributed by atoms with Gasteiger partial charge in [0.1, 0.15) is 0 Å². The fourth-order valence-corrected chi connectivity index (χ4v) is 4.23. The Labute approximate surface area is 161 Å². The molecule has 0 amide bonds. The SMILES string of the molecule is CS(=O)c1ccc(C(=O)c2cnoc2C2CC2)c(CC2(C)C=CC=CC2)c1. The molecule has 0 spiro atoms. The second-order valence-corrected chi connectivity index (χ2v) is 9.18. The van der Waals surface area contributed by atoms with E-state index in [0.29, 0.717) is 29.2 Å². The summed E-state index contributed by atoms with van der Waals surface area (Å²) >= 11 is 0. The third kappa shape index (κ3) is 3.74. The van der Waals surface area contributed by atoms with Crippen LogP contribution in [0.15, 0.2) is 58.1 Å². The molecule has 2 aromatic rings. The summed E-state index contributed by atoms with van der Waals surface area (Å²) in [7, 11) is -1.09. The van der Waals surface area contributed by atoms with Gasteiger partial charge in [-0.1, -0.05) is 36.4 Å². The van der Waals surface area contributed by atoms with Crippen molar-refractivity contribution in [2.75, 3.05) is 6.26 Å². The van der Waals surface area contributed by atoms with Gasteiger partial charge >= 0.3 is 0 Å². The van der Waals surface area contributed by atoms with E-state index >= 15 is 0 Å². The van der Waals surface area contributed by atoms with Crippen molar-refractivity contribution in [2.24, 2.45) is 5.41 Å². The molecule has 5 heteroatoms. The Morgan fingerprint density at radius 3 is 2.78 bits per heavy atom. The summed E-state index contributed by atoms with van der Waals surface area (Å²) in [5, 5.41) is 3.87. The molecule has 2 unspecified atom stereocenters. The van der Waals surface area contributed by atoms with Crippen molar-refractivity contribution in [3.63, 3.8) is 0 Å². The number of rotatable bonds is 6. The standard InChI is InChI=1S/C22H23NO3S/c1-22(10-4-3-5-11-22)13-16-12-17(27(2)25)8-9-18(16)20(24)19-14-23-26-21(19)15-6-7-15/h3-5,8-10,12,14-15H,6-7,11,13H2,1-2H3. The summed E-state index contributed by atoms with van der Waals surface area (Å²) < 4.78 is 17.4. The molecule has 1 saturated carbocycles. The van der Waals surface area contributed by atoms with Gasteiger partial charge in [-0.2, -0.15) is 0 Å². The summed E-state index contributed by atoms with van der Waals surface area (Å²) in [6, 6.07) is 5.52. The predicted octanol–water partition coefficient (Wildman–Crippen LogP) is 4.59. The van der Waals surface area contributed by atoms with E-state index in [2.05, 4.69) is 30.3 Å². The van der Waals surface area contributed by atoms with Gasteiger partial charge in [-0.3, -0.25) is 9.00 Å². The molecule has 0 N–H and O–H groups in total. The van der Waals surface area contributed by atoms with Crippen LogP contribution in [0.4, 0.5) is 0 Å². The second-order valence-electron chi connectivity index (χ2n) is 7.80. The zero-order chi connectivity index (χ0) is 19.0. The zero-order valence-corrected chi connectivity index (χ0v) is 16.4. The van der Waals surface area contributed by atoms with Gasteiger partial charge in [0, 0.05) is 33.4 Å². The molecular formula is C22H23NO3S. The highest BCUT2D eigenvalue weighted by atomic mass is 32.2. The van der Waals surface area contributed by atoms with Gasteiger partial charge in [0.05, 0.1) is 11.8 Å². The van der Waals surface area contributed by atoms with Crippen molar-refractivity contribution >= 4 is 16.6 Å². The first-order valence-corrected chi connectivity index (χ1v) is 10.8. The van der Waals surface area contributed by atoms with E-state index in [4.69, 9.17) is 4.52 Å². The largest absolute Gasteiger partial charge is 0.360 e. The van der Waals surface area contributed by atoms with Gasteiger partial charge in [-0.15, -0.1) is 0 Å². The molecule has 2 aliphatic rings. The highest BCUT2D eigenvalue weighted by Gasteiger charge is 2.33. The van der Waals surface area contributed by atoms with Gasteiger partial charge in [-0.05, 0) is 54.9 Å². The molecule has 0 saturated heterocycles. The first-order chi connectivity index (χ1) is 13.0. The number of carbonyl (C=O) groups excluding carboxylic acids is 1. The Hall–Kier alpha value is -2.27. The molecule has 1 fully saturated rings. The minimum Gasteiger partial charge on any atom is -0.360 e. The van der Waals surface area contributed by atoms with E-state index < -0.39 is 10.8 Å². The van der Waals surface area contributed by atoms with E-state index in [0.717, 1.165) is 29.7 Å². The second kappa shape index (κ2) is 7.04. The van der Waals surface area contributed by atoms with Crippen LogP contribution >= 0.6 is 0 Å². The van der Waals surface area contributed by atoms with Crippen LogP contribution in [0.3, 0.4) is 0 Å². The van der Waals surface area contributed by atoms with Crippen LogP contribution < -0.4 is 0 Å². The van der Waals surface area contributed by atoms with Crippen molar-refractivity contribution in [2.45, 2.75) is 43.4 Å². The Bertz CT molecular complexity index is 968. The molecular weight excluding hydrogens is 358 g/mol. The number of nitrogens with zero attached hydrogens (tertiary/aromatic N) is 1. The Morgan fingerprint density at radius 1 is 1.30 bits per heavy atom. The molecule has 2 aliphatic carbocycles. The third-order valence-electron chi connectivity index (χ3n) is 5.37. The number of benzene rings is 1. The molecule has 0 aliphatic heterocycles. The van der Waals surface area contributed by atoms with Gasteiger partial charge in [0.25, 0.3) is 0 Å². The van der Waals surface area contributed by atoms with E-state index in [1.807, 2.05) is 18.2 Å². The normalized spacial score (nSPS) is 22.7. The Morgan fingerprint density at radius 2 is 2.11 bits per heavy atom. The summed E-state index contributed by atoms with van der Waals surface area (Å²) in [6.45, 7) is 2.19. The summed E-state index contributed by atoms with van der Waals surface area (Å²) in [6.07, 6.45) is 15.4. The smallest absolute Gasteiger partial charge is 0.198 e. The zero-order valence-electron chi connectivity index (χ0n) is 15.6. The first-order valence-electron chi connectivity index (χ1n) is 9.27. The lowest BCUT2D eigenvalue weighted by molar-refractivity contribution is 0.103. The fourth-order valence-electron chi connectivity index (χ4n) is 3.66. The molecule has 140 valence electrons. The maximum absolute atomic E-state index is 13.3. The summed E-state index contributed by atoms with van der Waals surface area (Å²) in [4.78, 5) is 14.0. The number of hydrogen-bond donors (Lipinski definition) is 0. The van der Waals surface area contributed by atoms with Crippen LogP contribution in [-0.4, -0.2) is 21.4 Å². The van der Waals surface area contributed by atoms with Gasteiger partial charge in [0.15, 0.2) is 11.5 Å². The van der Waals surface area contributed by atoms with Crippen molar-refractivity contribution < 1.29 is 13.5 Å². The van der Waals surface area contributed by atoms with E-state index in [1.54, 1.807) is 12.3 Å². The highest BCUT2D eigenvalue weighted by molar-refractivity contribution is 7.84. The van der Waals surface area contributed by atoms with Gasteiger partial charge in [-0.25, -0.2) is 0 Å². The lowest BCUT2D eigenvalue weighted by Crippen LogP contribution is -2.20. The van der Waals surface area contributed by atoms with Crippen molar-refractivity contribution in [3.05, 3.63) is 71.2 Å². The number of ketones is 1. The maximum Gasteiger partial charge on any atom is 0.198 e. The molecule has 4 rings (SSSR count). The van der Waals surface area contributed by atoms with Crippen LogP contribution in [0.5, 0.6) is 0 Å². The Kier molecular flexibility index (Phi) is 4.72. The predicted molar refractivity (Wildman–Crippen MR) is 105 cm³/mol. The highest BCUT2D eigenvalue weighted by Crippen LogP contribution is 2.42. The van der Waals surface area contributed by atoms with Crippen molar-refractivity contribution in [1.29, 1.82) is 0 Å². The topological polar surface area (TPSA) is 60.2 Å². The van der Waals surface area contributed by atoms with Crippen LogP contribution in [0.2, 0.25) is 0 Å². The number of allylic oxidation sites excluding steroid dienone is 4. The van der Waals surface area contributed by atoms with Crippen LogP contribution in [0, 0.1) is 5.41 Å². The van der Waals surface area contributed by atoms with Crippen LogP contribution in [0.1, 0.15) is 59.3 Å². The molecule has 1 aromatic carbocycles. The Balaban J connectivity index is 1.74. The molecule has 0 bridgehead atoms. The maximum atomic E-state index is 13.3. The molecule has 0 radical (unpaired) electrons. The lowest BCUT2D eigenvalue weighted by Gasteiger charge is -2.27.